The van der Waals surface area contributed by atoms with Crippen LogP contribution in [-0.2, 0) is 5.41 Å². The standard InChI is InChI=1S/C12H15N.ClH/c1-9-2-4-10(5-3-9)12-6-11(12)7-13-8-12;/h2-5,11,13H,6-8H2,1H3;1H/t11-,12+;/m0./s1. The lowest BCUT2D eigenvalue weighted by Gasteiger charge is -2.11. The third-order valence-electron chi connectivity index (χ3n) is 3.69. The van der Waals surface area contributed by atoms with Crippen LogP contribution in [0, 0.1) is 12.8 Å². The Labute approximate surface area is 91.3 Å². The lowest BCUT2D eigenvalue weighted by molar-refractivity contribution is 0.675. The summed E-state index contributed by atoms with van der Waals surface area (Å²) in [4.78, 5) is 0. The smallest absolute Gasteiger partial charge is 0.0122 e. The van der Waals surface area contributed by atoms with Gasteiger partial charge in [0.1, 0.15) is 0 Å². The van der Waals surface area contributed by atoms with Gasteiger partial charge < -0.3 is 5.32 Å². The maximum absolute atomic E-state index is 3.48. The summed E-state index contributed by atoms with van der Waals surface area (Å²) in [7, 11) is 0. The highest BCUT2D eigenvalue weighted by Crippen LogP contribution is 2.56. The second-order valence-corrected chi connectivity index (χ2v) is 4.55. The lowest BCUT2D eigenvalue weighted by atomic mass is 9.94. The summed E-state index contributed by atoms with van der Waals surface area (Å²) >= 11 is 0. The summed E-state index contributed by atoms with van der Waals surface area (Å²) in [5, 5.41) is 3.48. The first kappa shape index (κ1) is 10.0. The molecule has 1 N–H and O–H groups in total. The van der Waals surface area contributed by atoms with Crippen LogP contribution in [0.15, 0.2) is 24.3 Å². The van der Waals surface area contributed by atoms with E-state index in [4.69, 9.17) is 0 Å². The first-order valence-electron chi connectivity index (χ1n) is 5.09. The first-order valence-corrected chi connectivity index (χ1v) is 5.09. The van der Waals surface area contributed by atoms with Gasteiger partial charge in [-0.2, -0.15) is 0 Å². The molecule has 2 heteroatoms. The van der Waals surface area contributed by atoms with Gasteiger partial charge in [0.25, 0.3) is 0 Å². The maximum Gasteiger partial charge on any atom is 0.0122 e. The normalized spacial score (nSPS) is 33.4. The second kappa shape index (κ2) is 3.25. The fourth-order valence-electron chi connectivity index (χ4n) is 2.68. The largest absolute Gasteiger partial charge is 0.316 e. The molecule has 1 aliphatic carbocycles. The Kier molecular flexibility index (Phi) is 2.32. The molecule has 0 bridgehead atoms. The topological polar surface area (TPSA) is 12.0 Å². The molecule has 0 amide bonds. The molecule has 1 aliphatic heterocycles. The Bertz CT molecular complexity index is 333. The molecule has 1 saturated heterocycles. The van der Waals surface area contributed by atoms with Crippen LogP contribution in [0.25, 0.3) is 0 Å². The highest BCUT2D eigenvalue weighted by molar-refractivity contribution is 5.85. The fourth-order valence-corrected chi connectivity index (χ4v) is 2.68. The first-order chi connectivity index (χ1) is 6.31. The molecule has 1 aromatic carbocycles. The van der Waals surface area contributed by atoms with Crippen molar-refractivity contribution in [3.63, 3.8) is 0 Å². The highest BCUT2D eigenvalue weighted by Gasteiger charge is 2.57. The molecular formula is C12H16ClN. The number of hydrogen-bond donors (Lipinski definition) is 1. The molecule has 1 aromatic rings. The molecule has 2 fully saturated rings. The van der Waals surface area contributed by atoms with Crippen LogP contribution in [0.3, 0.4) is 0 Å². The monoisotopic (exact) mass is 209 g/mol. The van der Waals surface area contributed by atoms with Crippen molar-refractivity contribution < 1.29 is 0 Å². The minimum atomic E-state index is 0. The van der Waals surface area contributed by atoms with E-state index >= 15 is 0 Å². The number of fused-ring (bicyclic) bond motifs is 1. The van der Waals surface area contributed by atoms with Crippen molar-refractivity contribution in [2.75, 3.05) is 13.1 Å². The predicted octanol–water partition coefficient (Wildman–Crippen LogP) is 2.28. The highest BCUT2D eigenvalue weighted by atomic mass is 35.5. The van der Waals surface area contributed by atoms with E-state index in [1.54, 1.807) is 5.56 Å². The van der Waals surface area contributed by atoms with E-state index in [9.17, 15) is 0 Å². The molecule has 1 saturated carbocycles. The average Bonchev–Trinajstić information content (AvgIpc) is 2.71. The molecule has 0 aromatic heterocycles. The summed E-state index contributed by atoms with van der Waals surface area (Å²) in [5.41, 5.74) is 3.45. The Balaban J connectivity index is 0.000000750. The van der Waals surface area contributed by atoms with E-state index in [1.807, 2.05) is 0 Å². The van der Waals surface area contributed by atoms with E-state index in [-0.39, 0.29) is 12.4 Å². The number of rotatable bonds is 1. The molecule has 1 heterocycles. The van der Waals surface area contributed by atoms with Crippen molar-refractivity contribution in [2.24, 2.45) is 5.92 Å². The van der Waals surface area contributed by atoms with Crippen LogP contribution >= 0.6 is 12.4 Å². The molecule has 0 spiro atoms. The summed E-state index contributed by atoms with van der Waals surface area (Å²) in [5.74, 6) is 0.926. The van der Waals surface area contributed by atoms with Crippen LogP contribution in [0.5, 0.6) is 0 Å². The Morgan fingerprint density at radius 2 is 2.00 bits per heavy atom. The number of hydrogen-bond acceptors (Lipinski definition) is 1. The van der Waals surface area contributed by atoms with Gasteiger partial charge in [0.2, 0.25) is 0 Å². The van der Waals surface area contributed by atoms with Crippen LogP contribution in [-0.4, -0.2) is 13.1 Å². The minimum Gasteiger partial charge on any atom is -0.316 e. The van der Waals surface area contributed by atoms with Crippen LogP contribution < -0.4 is 5.32 Å². The molecule has 0 unspecified atom stereocenters. The van der Waals surface area contributed by atoms with Crippen LogP contribution in [0.2, 0.25) is 0 Å². The van der Waals surface area contributed by atoms with Crippen LogP contribution in [0.4, 0.5) is 0 Å². The summed E-state index contributed by atoms with van der Waals surface area (Å²) in [6.07, 6.45) is 1.41. The van der Waals surface area contributed by atoms with Crippen molar-refractivity contribution in [1.29, 1.82) is 0 Å². The zero-order chi connectivity index (χ0) is 8.89. The van der Waals surface area contributed by atoms with Gasteiger partial charge in [-0.25, -0.2) is 0 Å². The molecule has 0 radical (unpaired) electrons. The molecule has 14 heavy (non-hydrogen) atoms. The Morgan fingerprint density at radius 1 is 1.29 bits per heavy atom. The van der Waals surface area contributed by atoms with Gasteiger partial charge in [-0.05, 0) is 31.4 Å². The summed E-state index contributed by atoms with van der Waals surface area (Å²) < 4.78 is 0. The fraction of sp³-hybridized carbons (Fsp3) is 0.500. The van der Waals surface area contributed by atoms with Gasteiger partial charge in [-0.3, -0.25) is 0 Å². The third-order valence-corrected chi connectivity index (χ3v) is 3.69. The average molecular weight is 210 g/mol. The molecule has 2 atom stereocenters. The summed E-state index contributed by atoms with van der Waals surface area (Å²) in [6.45, 7) is 4.58. The third kappa shape index (κ3) is 1.27. The Hall–Kier alpha value is -0.530. The van der Waals surface area contributed by atoms with Gasteiger partial charge in [0.15, 0.2) is 0 Å². The molecular weight excluding hydrogens is 194 g/mol. The molecule has 3 rings (SSSR count). The van der Waals surface area contributed by atoms with Gasteiger partial charge in [-0.1, -0.05) is 29.8 Å². The van der Waals surface area contributed by atoms with E-state index in [0.717, 1.165) is 5.92 Å². The van der Waals surface area contributed by atoms with Crippen molar-refractivity contribution in [1.82, 2.24) is 5.32 Å². The SMILES string of the molecule is Cc1ccc([C@@]23CNC[C@@H]2C3)cc1.Cl. The predicted molar refractivity (Wildman–Crippen MR) is 61.1 cm³/mol. The van der Waals surface area contributed by atoms with E-state index < -0.39 is 0 Å². The van der Waals surface area contributed by atoms with Crippen molar-refractivity contribution in [3.8, 4) is 0 Å². The molecule has 2 aliphatic rings. The number of aryl methyl sites for hydroxylation is 1. The van der Waals surface area contributed by atoms with Crippen molar-refractivity contribution in [3.05, 3.63) is 35.4 Å². The van der Waals surface area contributed by atoms with Crippen molar-refractivity contribution in [2.45, 2.75) is 18.8 Å². The quantitative estimate of drug-likeness (QED) is 0.749. The summed E-state index contributed by atoms with van der Waals surface area (Å²) in [6, 6.07) is 9.08. The van der Waals surface area contributed by atoms with E-state index in [2.05, 4.69) is 36.5 Å². The molecule has 1 nitrogen and oxygen atoms in total. The molecule has 76 valence electrons. The second-order valence-electron chi connectivity index (χ2n) is 4.55. The zero-order valence-corrected chi connectivity index (χ0v) is 9.23. The number of piperidine rings is 1. The van der Waals surface area contributed by atoms with Gasteiger partial charge >= 0.3 is 0 Å². The number of nitrogens with one attached hydrogen (secondary N) is 1. The van der Waals surface area contributed by atoms with Gasteiger partial charge in [-0.15, -0.1) is 12.4 Å². The Morgan fingerprint density at radius 3 is 2.50 bits per heavy atom. The maximum atomic E-state index is 3.48. The number of benzene rings is 1. The van der Waals surface area contributed by atoms with Crippen LogP contribution in [0.1, 0.15) is 17.5 Å². The van der Waals surface area contributed by atoms with Gasteiger partial charge in [0.05, 0.1) is 0 Å². The lowest BCUT2D eigenvalue weighted by Crippen LogP contribution is -2.19. The number of halogens is 1. The van der Waals surface area contributed by atoms with E-state index in [0.29, 0.717) is 5.41 Å². The van der Waals surface area contributed by atoms with E-state index in [1.165, 1.54) is 25.1 Å². The zero-order valence-electron chi connectivity index (χ0n) is 8.42. The van der Waals surface area contributed by atoms with Crippen molar-refractivity contribution >= 4 is 12.4 Å². The minimum absolute atomic E-state index is 0. The van der Waals surface area contributed by atoms with Gasteiger partial charge in [0, 0.05) is 12.0 Å².